The smallest absolute Gasteiger partial charge is 0.338 e. The van der Waals surface area contributed by atoms with Crippen LogP contribution >= 0.6 is 27.7 Å². The molecule has 1 aromatic rings. The van der Waals surface area contributed by atoms with Crippen LogP contribution in [-0.2, 0) is 0 Å². The van der Waals surface area contributed by atoms with E-state index in [1.807, 2.05) is 0 Å². The summed E-state index contributed by atoms with van der Waals surface area (Å²) in [6.07, 6.45) is 5.13. The molecule has 0 amide bonds. The minimum atomic E-state index is -0.948. The molecule has 90 valence electrons. The SMILES string of the molecule is C#CCSCCNc1cccc(Br)c1C(=O)O. The van der Waals surface area contributed by atoms with Gasteiger partial charge in [0.2, 0.25) is 0 Å². The summed E-state index contributed by atoms with van der Waals surface area (Å²) in [5.74, 6) is 3.11. The van der Waals surface area contributed by atoms with E-state index in [9.17, 15) is 4.79 Å². The molecule has 1 rings (SSSR count). The van der Waals surface area contributed by atoms with Gasteiger partial charge in [-0.1, -0.05) is 12.0 Å². The maximum atomic E-state index is 11.1. The van der Waals surface area contributed by atoms with Crippen molar-refractivity contribution in [3.8, 4) is 12.3 Å². The lowest BCUT2D eigenvalue weighted by Gasteiger charge is -2.10. The van der Waals surface area contributed by atoms with E-state index in [-0.39, 0.29) is 5.56 Å². The first-order valence-corrected chi connectivity index (χ1v) is 6.88. The number of carboxylic acids is 1. The number of hydrogen-bond donors (Lipinski definition) is 2. The summed E-state index contributed by atoms with van der Waals surface area (Å²) in [4.78, 5) is 11.1. The predicted octanol–water partition coefficient (Wildman–Crippen LogP) is 2.93. The highest BCUT2D eigenvalue weighted by molar-refractivity contribution is 9.10. The molecule has 0 heterocycles. The number of hydrogen-bond acceptors (Lipinski definition) is 3. The average Bonchev–Trinajstić information content (AvgIpc) is 2.28. The predicted molar refractivity (Wildman–Crippen MR) is 75.7 cm³/mol. The third-order valence-electron chi connectivity index (χ3n) is 1.97. The Morgan fingerprint density at radius 2 is 2.35 bits per heavy atom. The number of rotatable bonds is 6. The van der Waals surface area contributed by atoms with Crippen LogP contribution in [0.3, 0.4) is 0 Å². The maximum absolute atomic E-state index is 11.1. The van der Waals surface area contributed by atoms with Gasteiger partial charge in [-0.15, -0.1) is 18.2 Å². The molecule has 0 saturated carbocycles. The Balaban J connectivity index is 2.62. The van der Waals surface area contributed by atoms with E-state index in [1.165, 1.54) is 0 Å². The highest BCUT2D eigenvalue weighted by Crippen LogP contribution is 2.24. The third kappa shape index (κ3) is 4.33. The zero-order valence-corrected chi connectivity index (χ0v) is 11.5. The second kappa shape index (κ2) is 7.25. The lowest BCUT2D eigenvalue weighted by molar-refractivity contribution is 0.0697. The zero-order chi connectivity index (χ0) is 12.7. The van der Waals surface area contributed by atoms with E-state index in [2.05, 4.69) is 27.2 Å². The van der Waals surface area contributed by atoms with Crippen molar-refractivity contribution < 1.29 is 9.90 Å². The molecular formula is C12H12BrNO2S. The number of carbonyl (C=O) groups is 1. The Morgan fingerprint density at radius 3 is 3.00 bits per heavy atom. The maximum Gasteiger partial charge on any atom is 0.338 e. The molecule has 0 atom stereocenters. The molecular weight excluding hydrogens is 302 g/mol. The van der Waals surface area contributed by atoms with Gasteiger partial charge in [0.05, 0.1) is 11.3 Å². The fraction of sp³-hybridized carbons (Fsp3) is 0.250. The highest BCUT2D eigenvalue weighted by atomic mass is 79.9. The number of benzene rings is 1. The molecule has 0 unspecified atom stereocenters. The molecule has 2 N–H and O–H groups in total. The fourth-order valence-electron chi connectivity index (χ4n) is 1.28. The van der Waals surface area contributed by atoms with Gasteiger partial charge in [-0.05, 0) is 28.1 Å². The van der Waals surface area contributed by atoms with Crippen LogP contribution in [-0.4, -0.2) is 29.1 Å². The molecule has 0 spiro atoms. The van der Waals surface area contributed by atoms with Crippen molar-refractivity contribution in [1.29, 1.82) is 0 Å². The molecule has 3 nitrogen and oxygen atoms in total. The monoisotopic (exact) mass is 313 g/mol. The van der Waals surface area contributed by atoms with Crippen molar-refractivity contribution in [3.63, 3.8) is 0 Å². The molecule has 17 heavy (non-hydrogen) atoms. The summed E-state index contributed by atoms with van der Waals surface area (Å²) >= 11 is 4.86. The van der Waals surface area contributed by atoms with Gasteiger partial charge in [-0.3, -0.25) is 0 Å². The van der Waals surface area contributed by atoms with Crippen LogP contribution in [0.5, 0.6) is 0 Å². The van der Waals surface area contributed by atoms with Crippen molar-refractivity contribution in [1.82, 2.24) is 0 Å². The van der Waals surface area contributed by atoms with Crippen LogP contribution in [0.1, 0.15) is 10.4 Å². The second-order valence-electron chi connectivity index (χ2n) is 3.15. The van der Waals surface area contributed by atoms with Crippen molar-refractivity contribution >= 4 is 39.3 Å². The van der Waals surface area contributed by atoms with E-state index in [0.29, 0.717) is 22.5 Å². The number of carboxylic acid groups (broad SMARTS) is 1. The summed E-state index contributed by atoms with van der Waals surface area (Å²) in [7, 11) is 0. The minimum Gasteiger partial charge on any atom is -0.478 e. The van der Waals surface area contributed by atoms with E-state index >= 15 is 0 Å². The Labute approximate surface area is 113 Å². The van der Waals surface area contributed by atoms with Crippen LogP contribution in [0.2, 0.25) is 0 Å². The van der Waals surface area contributed by atoms with Gasteiger partial charge in [0, 0.05) is 22.5 Å². The molecule has 0 fully saturated rings. The summed E-state index contributed by atoms with van der Waals surface area (Å²) in [5, 5.41) is 12.2. The van der Waals surface area contributed by atoms with E-state index in [1.54, 1.807) is 30.0 Å². The minimum absolute atomic E-state index is 0.259. The average molecular weight is 314 g/mol. The van der Waals surface area contributed by atoms with E-state index < -0.39 is 5.97 Å². The first-order valence-electron chi connectivity index (χ1n) is 4.93. The number of anilines is 1. The van der Waals surface area contributed by atoms with Crippen LogP contribution in [0.4, 0.5) is 5.69 Å². The van der Waals surface area contributed by atoms with Gasteiger partial charge in [0.25, 0.3) is 0 Å². The third-order valence-corrected chi connectivity index (χ3v) is 3.50. The van der Waals surface area contributed by atoms with Gasteiger partial charge in [0.1, 0.15) is 0 Å². The summed E-state index contributed by atoms with van der Waals surface area (Å²) < 4.78 is 0.575. The Bertz CT molecular complexity index is 443. The molecule has 0 bridgehead atoms. The molecule has 0 radical (unpaired) electrons. The number of nitrogens with one attached hydrogen (secondary N) is 1. The molecule has 0 saturated heterocycles. The van der Waals surface area contributed by atoms with Crippen molar-refractivity contribution in [2.24, 2.45) is 0 Å². The van der Waals surface area contributed by atoms with Crippen molar-refractivity contribution in [3.05, 3.63) is 28.2 Å². The Hall–Kier alpha value is -1.12. The Kier molecular flexibility index (Phi) is 5.95. The number of terminal acetylenes is 1. The van der Waals surface area contributed by atoms with Gasteiger partial charge in [0.15, 0.2) is 0 Å². The van der Waals surface area contributed by atoms with Gasteiger partial charge >= 0.3 is 5.97 Å². The van der Waals surface area contributed by atoms with Gasteiger partial charge in [-0.25, -0.2) is 4.79 Å². The first kappa shape index (κ1) is 13.9. The molecule has 5 heteroatoms. The first-order chi connectivity index (χ1) is 8.16. The summed E-state index contributed by atoms with van der Waals surface area (Å²) in [6, 6.07) is 5.26. The Morgan fingerprint density at radius 1 is 1.59 bits per heavy atom. The van der Waals surface area contributed by atoms with Gasteiger partial charge in [-0.2, -0.15) is 0 Å². The van der Waals surface area contributed by atoms with Crippen molar-refractivity contribution in [2.75, 3.05) is 23.4 Å². The summed E-state index contributed by atoms with van der Waals surface area (Å²) in [5.41, 5.74) is 0.877. The zero-order valence-electron chi connectivity index (χ0n) is 9.07. The van der Waals surface area contributed by atoms with Crippen LogP contribution in [0.25, 0.3) is 0 Å². The summed E-state index contributed by atoms with van der Waals surface area (Å²) in [6.45, 7) is 0.684. The number of aromatic carboxylic acids is 1. The molecule has 0 aliphatic heterocycles. The van der Waals surface area contributed by atoms with E-state index in [0.717, 1.165) is 5.75 Å². The number of halogens is 1. The standard InChI is InChI=1S/C12H12BrNO2S/c1-2-7-17-8-6-14-10-5-3-4-9(13)11(10)12(15)16/h1,3-5,14H,6-8H2,(H,15,16). The van der Waals surface area contributed by atoms with Crippen molar-refractivity contribution in [2.45, 2.75) is 0 Å². The van der Waals surface area contributed by atoms with Crippen LogP contribution in [0.15, 0.2) is 22.7 Å². The second-order valence-corrected chi connectivity index (χ2v) is 5.11. The fourth-order valence-corrected chi connectivity index (χ4v) is 2.32. The van der Waals surface area contributed by atoms with Crippen LogP contribution < -0.4 is 5.32 Å². The highest BCUT2D eigenvalue weighted by Gasteiger charge is 2.13. The molecule has 1 aromatic carbocycles. The normalized spacial score (nSPS) is 9.65. The van der Waals surface area contributed by atoms with Gasteiger partial charge < -0.3 is 10.4 Å². The number of thioether (sulfide) groups is 1. The van der Waals surface area contributed by atoms with Crippen LogP contribution in [0, 0.1) is 12.3 Å². The topological polar surface area (TPSA) is 49.3 Å². The largest absolute Gasteiger partial charge is 0.478 e. The van der Waals surface area contributed by atoms with E-state index in [4.69, 9.17) is 11.5 Å². The quantitative estimate of drug-likeness (QED) is 0.626. The lowest BCUT2D eigenvalue weighted by Crippen LogP contribution is -2.09. The lowest BCUT2D eigenvalue weighted by atomic mass is 10.2. The molecule has 0 aliphatic rings. The molecule has 0 aromatic heterocycles. The molecule has 0 aliphatic carbocycles.